The lowest BCUT2D eigenvalue weighted by atomic mass is 10.0. The van der Waals surface area contributed by atoms with Gasteiger partial charge >= 0.3 is 0 Å². The SMILES string of the molecule is C/N=[SH2](\C)CC1CCCNC1. The van der Waals surface area contributed by atoms with E-state index in [1.54, 1.807) is 0 Å². The van der Waals surface area contributed by atoms with Gasteiger partial charge in [0.1, 0.15) is 0 Å². The van der Waals surface area contributed by atoms with Gasteiger partial charge in [0.15, 0.2) is 0 Å². The minimum Gasteiger partial charge on any atom is -0.316 e. The highest BCUT2D eigenvalue weighted by Gasteiger charge is 2.11. The van der Waals surface area contributed by atoms with Crippen LogP contribution in [0, 0.1) is 5.92 Å². The van der Waals surface area contributed by atoms with Gasteiger partial charge in [0.2, 0.25) is 0 Å². The minimum atomic E-state index is -0.343. The van der Waals surface area contributed by atoms with Gasteiger partial charge in [0.25, 0.3) is 0 Å². The van der Waals surface area contributed by atoms with Crippen LogP contribution < -0.4 is 5.32 Å². The Morgan fingerprint density at radius 3 is 3.00 bits per heavy atom. The summed E-state index contributed by atoms with van der Waals surface area (Å²) in [4.78, 5) is 0. The number of nitrogens with one attached hydrogen (secondary N) is 1. The first-order valence-electron chi connectivity index (χ1n) is 4.46. The van der Waals surface area contributed by atoms with Gasteiger partial charge in [-0.15, -0.1) is 0 Å². The molecule has 11 heavy (non-hydrogen) atoms. The molecule has 1 fully saturated rings. The Labute approximate surface area is 71.9 Å². The first-order valence-corrected chi connectivity index (χ1v) is 6.61. The van der Waals surface area contributed by atoms with Crippen LogP contribution in [0.4, 0.5) is 0 Å². The topological polar surface area (TPSA) is 24.4 Å². The lowest BCUT2D eigenvalue weighted by molar-refractivity contribution is 0.410. The molecular weight excluding hydrogens is 156 g/mol. The first-order chi connectivity index (χ1) is 5.33. The molecule has 0 bridgehead atoms. The van der Waals surface area contributed by atoms with E-state index >= 15 is 0 Å². The molecule has 0 aromatic heterocycles. The van der Waals surface area contributed by atoms with Crippen molar-refractivity contribution in [1.29, 1.82) is 0 Å². The largest absolute Gasteiger partial charge is 0.316 e. The third kappa shape index (κ3) is 3.34. The molecule has 1 atom stereocenters. The summed E-state index contributed by atoms with van der Waals surface area (Å²) in [6.45, 7) is 2.46. The van der Waals surface area contributed by atoms with E-state index in [9.17, 15) is 0 Å². The average Bonchev–Trinajstić information content (AvgIpc) is 2.06. The molecule has 1 heterocycles. The average molecular weight is 176 g/mol. The highest BCUT2D eigenvalue weighted by atomic mass is 32.2. The monoisotopic (exact) mass is 176 g/mol. The van der Waals surface area contributed by atoms with Crippen LogP contribution in [0.1, 0.15) is 12.8 Å². The van der Waals surface area contributed by atoms with Crippen molar-refractivity contribution < 1.29 is 0 Å². The zero-order valence-corrected chi connectivity index (χ0v) is 8.56. The zero-order chi connectivity index (χ0) is 8.10. The summed E-state index contributed by atoms with van der Waals surface area (Å²) >= 11 is 0. The first kappa shape index (κ1) is 9.20. The highest BCUT2D eigenvalue weighted by molar-refractivity contribution is 7.86. The van der Waals surface area contributed by atoms with Crippen molar-refractivity contribution in [3.63, 3.8) is 0 Å². The van der Waals surface area contributed by atoms with Crippen molar-refractivity contribution in [3.8, 4) is 0 Å². The third-order valence-electron chi connectivity index (χ3n) is 2.36. The fourth-order valence-electron chi connectivity index (χ4n) is 1.61. The lowest BCUT2D eigenvalue weighted by Crippen LogP contribution is -2.32. The summed E-state index contributed by atoms with van der Waals surface area (Å²) in [5.74, 6) is 2.29. The smallest absolute Gasteiger partial charge is 0.0323 e. The quantitative estimate of drug-likeness (QED) is 0.651. The van der Waals surface area contributed by atoms with Crippen LogP contribution in [0.15, 0.2) is 4.36 Å². The molecule has 1 rings (SSSR count). The van der Waals surface area contributed by atoms with Gasteiger partial charge in [0, 0.05) is 7.05 Å². The maximum absolute atomic E-state index is 4.36. The predicted molar refractivity (Wildman–Crippen MR) is 54.9 cm³/mol. The molecular formula is C8H20N2S. The number of hydrogen-bond acceptors (Lipinski definition) is 2. The fourth-order valence-corrected chi connectivity index (χ4v) is 2.97. The second-order valence-corrected chi connectivity index (χ2v) is 5.70. The number of nitrogens with zero attached hydrogens (tertiary/aromatic N) is 1. The second kappa shape index (κ2) is 4.88. The molecule has 68 valence electrons. The molecule has 1 N–H and O–H groups in total. The molecule has 0 spiro atoms. The zero-order valence-electron chi connectivity index (χ0n) is 7.56. The molecule has 0 amide bonds. The van der Waals surface area contributed by atoms with Crippen LogP contribution in [0.25, 0.3) is 0 Å². The van der Waals surface area contributed by atoms with Crippen molar-refractivity contribution in [2.45, 2.75) is 12.8 Å². The Kier molecular flexibility index (Phi) is 4.08. The van der Waals surface area contributed by atoms with Crippen LogP contribution in [0.5, 0.6) is 0 Å². The van der Waals surface area contributed by atoms with Gasteiger partial charge < -0.3 is 5.32 Å². The van der Waals surface area contributed by atoms with E-state index in [2.05, 4.69) is 15.9 Å². The van der Waals surface area contributed by atoms with Crippen LogP contribution in [0.2, 0.25) is 0 Å². The van der Waals surface area contributed by atoms with Crippen molar-refractivity contribution in [3.05, 3.63) is 0 Å². The van der Waals surface area contributed by atoms with E-state index in [1.165, 1.54) is 31.7 Å². The maximum Gasteiger partial charge on any atom is 0.0323 e. The molecule has 0 saturated carbocycles. The van der Waals surface area contributed by atoms with Gasteiger partial charge in [-0.3, -0.25) is 4.36 Å². The fraction of sp³-hybridized carbons (Fsp3) is 1.00. The summed E-state index contributed by atoms with van der Waals surface area (Å²) in [6.07, 6.45) is 5.09. The maximum atomic E-state index is 4.36. The summed E-state index contributed by atoms with van der Waals surface area (Å²) in [6, 6.07) is 0. The van der Waals surface area contributed by atoms with Crippen molar-refractivity contribution >= 4 is 10.7 Å². The third-order valence-corrected chi connectivity index (χ3v) is 4.30. The predicted octanol–water partition coefficient (Wildman–Crippen LogP) is 0.512. The molecule has 1 aliphatic heterocycles. The highest BCUT2D eigenvalue weighted by Crippen LogP contribution is 2.10. The van der Waals surface area contributed by atoms with E-state index in [0.29, 0.717) is 0 Å². The van der Waals surface area contributed by atoms with Gasteiger partial charge in [-0.2, -0.15) is 0 Å². The molecule has 1 unspecified atom stereocenters. The molecule has 0 aromatic rings. The van der Waals surface area contributed by atoms with E-state index in [-0.39, 0.29) is 10.7 Å². The van der Waals surface area contributed by atoms with Gasteiger partial charge in [-0.25, -0.2) is 10.7 Å². The molecule has 1 aliphatic rings. The summed E-state index contributed by atoms with van der Waals surface area (Å²) in [5.41, 5.74) is 0. The Hall–Kier alpha value is 0.110. The Balaban J connectivity index is 2.24. The van der Waals surface area contributed by atoms with Crippen LogP contribution >= 0.6 is 0 Å². The van der Waals surface area contributed by atoms with Crippen molar-refractivity contribution in [1.82, 2.24) is 5.32 Å². The second-order valence-electron chi connectivity index (χ2n) is 3.38. The Morgan fingerprint density at radius 1 is 1.64 bits per heavy atom. The summed E-state index contributed by atoms with van der Waals surface area (Å²) < 4.78 is 4.36. The van der Waals surface area contributed by atoms with Crippen LogP contribution in [-0.4, -0.2) is 32.1 Å². The number of rotatable bonds is 2. The lowest BCUT2D eigenvalue weighted by Gasteiger charge is -2.23. The van der Waals surface area contributed by atoms with E-state index < -0.39 is 0 Å². The standard InChI is InChI=1S/C8H20N2S/c1-9-11(2)7-8-4-3-5-10-6-8/h8,10H,3-7,11H2,1-2H3. The number of piperidine rings is 1. The Morgan fingerprint density at radius 2 is 2.45 bits per heavy atom. The molecule has 0 aliphatic carbocycles. The summed E-state index contributed by atoms with van der Waals surface area (Å²) in [7, 11) is 1.62. The normalized spacial score (nSPS) is 30.4. The van der Waals surface area contributed by atoms with Crippen LogP contribution in [0.3, 0.4) is 0 Å². The summed E-state index contributed by atoms with van der Waals surface area (Å²) in [5, 5.41) is 3.44. The molecule has 0 radical (unpaired) electrons. The number of hydrogen-bond donors (Lipinski definition) is 1. The van der Waals surface area contributed by atoms with E-state index in [0.717, 1.165) is 5.92 Å². The van der Waals surface area contributed by atoms with Crippen LogP contribution in [-0.2, 0) is 10.7 Å². The van der Waals surface area contributed by atoms with E-state index in [1.807, 2.05) is 7.05 Å². The molecule has 2 nitrogen and oxygen atoms in total. The Bertz CT molecular complexity index is 139. The van der Waals surface area contributed by atoms with E-state index in [4.69, 9.17) is 0 Å². The molecule has 3 heteroatoms. The molecule has 1 saturated heterocycles. The van der Waals surface area contributed by atoms with Crippen molar-refractivity contribution in [2.24, 2.45) is 10.3 Å². The molecule has 0 aromatic carbocycles. The van der Waals surface area contributed by atoms with Gasteiger partial charge in [-0.05, 0) is 43.9 Å². The minimum absolute atomic E-state index is 0.343. The van der Waals surface area contributed by atoms with Crippen molar-refractivity contribution in [2.75, 3.05) is 32.1 Å². The van der Waals surface area contributed by atoms with Gasteiger partial charge in [0.05, 0.1) is 0 Å². The van der Waals surface area contributed by atoms with Gasteiger partial charge in [-0.1, -0.05) is 0 Å².